The van der Waals surface area contributed by atoms with Gasteiger partial charge >= 0.3 is 7.37 Å². The third kappa shape index (κ3) is 5.08. The number of fused-ring (bicyclic) bond motifs is 3. The number of aryl methyl sites for hydroxylation is 2. The van der Waals surface area contributed by atoms with Crippen LogP contribution in [0.25, 0.3) is 11.1 Å². The Morgan fingerprint density at radius 3 is 2.16 bits per heavy atom. The number of aliphatic hydroxyl groups is 1. The van der Waals surface area contributed by atoms with Crippen molar-refractivity contribution >= 4 is 18.0 Å². The Morgan fingerprint density at radius 2 is 1.48 bits per heavy atom. The third-order valence-corrected chi connectivity index (χ3v) is 7.62. The molecule has 0 saturated heterocycles. The van der Waals surface area contributed by atoms with Crippen LogP contribution in [0, 0.1) is 13.8 Å². The van der Waals surface area contributed by atoms with Crippen molar-refractivity contribution in [2.45, 2.75) is 20.0 Å². The van der Waals surface area contributed by atoms with Crippen molar-refractivity contribution in [2.75, 3.05) is 27.4 Å². The fraction of sp³-hybridized carbons (Fsp3) is 0.280. The van der Waals surface area contributed by atoms with Crippen LogP contribution in [0.3, 0.4) is 0 Å². The van der Waals surface area contributed by atoms with Gasteiger partial charge in [0.25, 0.3) is 0 Å². The highest BCUT2D eigenvalue weighted by atomic mass is 31.2. The van der Waals surface area contributed by atoms with E-state index in [4.69, 9.17) is 9.63 Å². The van der Waals surface area contributed by atoms with E-state index in [1.54, 1.807) is 14.2 Å². The first-order chi connectivity index (χ1) is 14.9. The molecule has 0 amide bonds. The molecule has 0 spiro atoms. The Bertz CT molecular complexity index is 1070. The third-order valence-electron chi connectivity index (χ3n) is 5.03. The van der Waals surface area contributed by atoms with Gasteiger partial charge in [0, 0.05) is 19.8 Å². The molecule has 3 aromatic carbocycles. The van der Waals surface area contributed by atoms with Gasteiger partial charge in [0.1, 0.15) is 11.9 Å². The molecule has 1 aliphatic heterocycles. The van der Waals surface area contributed by atoms with E-state index in [2.05, 4.69) is 9.47 Å². The number of hydrogen-bond acceptors (Lipinski definition) is 5. The van der Waals surface area contributed by atoms with Crippen LogP contribution in [-0.2, 0) is 14.0 Å². The van der Waals surface area contributed by atoms with Crippen LogP contribution in [0.2, 0.25) is 0 Å². The zero-order valence-electron chi connectivity index (χ0n) is 18.4. The maximum Gasteiger partial charge on any atom is 0.307 e. The summed E-state index contributed by atoms with van der Waals surface area (Å²) in [6.07, 6.45) is -0.481. The van der Waals surface area contributed by atoms with E-state index in [9.17, 15) is 4.57 Å². The van der Waals surface area contributed by atoms with Gasteiger partial charge in [0.2, 0.25) is 0 Å². The molecule has 0 saturated carbocycles. The summed E-state index contributed by atoms with van der Waals surface area (Å²) in [6.45, 7) is 4.68. The highest BCUT2D eigenvalue weighted by Crippen LogP contribution is 2.54. The molecule has 164 valence electrons. The van der Waals surface area contributed by atoms with E-state index < -0.39 is 13.5 Å². The molecule has 0 bridgehead atoms. The van der Waals surface area contributed by atoms with Gasteiger partial charge in [-0.3, -0.25) is 4.57 Å². The van der Waals surface area contributed by atoms with E-state index in [-0.39, 0.29) is 0 Å². The van der Waals surface area contributed by atoms with Gasteiger partial charge in [-0.25, -0.2) is 0 Å². The van der Waals surface area contributed by atoms with Crippen LogP contribution < -0.4 is 15.1 Å². The molecule has 6 heteroatoms. The van der Waals surface area contributed by atoms with Crippen LogP contribution in [0.1, 0.15) is 11.1 Å². The quantitative estimate of drug-likeness (QED) is 0.602. The molecule has 3 aromatic rings. The van der Waals surface area contributed by atoms with Crippen molar-refractivity contribution in [3.8, 4) is 16.9 Å². The maximum absolute atomic E-state index is 14.0. The predicted octanol–water partition coefficient (Wildman–Crippen LogP) is 4.23. The summed E-state index contributed by atoms with van der Waals surface area (Å²) in [5.41, 5.74) is 4.08. The second-order valence-electron chi connectivity index (χ2n) is 7.51. The molecule has 0 aromatic heterocycles. The second kappa shape index (κ2) is 10.3. The Labute approximate surface area is 184 Å². The molecule has 1 atom stereocenters. The van der Waals surface area contributed by atoms with Crippen molar-refractivity contribution in [1.82, 2.24) is 0 Å². The molecule has 0 fully saturated rings. The number of ether oxygens (including phenoxy) is 2. The summed E-state index contributed by atoms with van der Waals surface area (Å²) < 4.78 is 29.3. The summed E-state index contributed by atoms with van der Waals surface area (Å²) in [5.74, 6) is 0.690. The van der Waals surface area contributed by atoms with E-state index >= 15 is 0 Å². The Hall–Kier alpha value is -2.43. The summed E-state index contributed by atoms with van der Waals surface area (Å²) in [4.78, 5) is 0. The molecular weight excluding hydrogens is 411 g/mol. The number of para-hydroxylation sites is 1. The molecule has 1 heterocycles. The van der Waals surface area contributed by atoms with Crippen LogP contribution in [0.4, 0.5) is 0 Å². The average Bonchev–Trinajstić information content (AvgIpc) is 2.76. The highest BCUT2D eigenvalue weighted by Gasteiger charge is 2.38. The van der Waals surface area contributed by atoms with Crippen molar-refractivity contribution in [1.29, 1.82) is 0 Å². The lowest BCUT2D eigenvalue weighted by molar-refractivity contribution is 0.00980. The zero-order valence-corrected chi connectivity index (χ0v) is 19.3. The Balaban J connectivity index is 0.000000293. The lowest BCUT2D eigenvalue weighted by atomic mass is 10.0. The summed E-state index contributed by atoms with van der Waals surface area (Å²) in [5, 5.41) is 10.4. The molecule has 0 radical (unpaired) electrons. The normalized spacial score (nSPS) is 16.6. The number of benzene rings is 3. The monoisotopic (exact) mass is 440 g/mol. The van der Waals surface area contributed by atoms with Gasteiger partial charge < -0.3 is 19.1 Å². The molecule has 0 aliphatic carbocycles. The Kier molecular flexibility index (Phi) is 7.69. The highest BCUT2D eigenvalue weighted by molar-refractivity contribution is 7.75. The van der Waals surface area contributed by atoms with Gasteiger partial charge in [-0.2, -0.15) is 0 Å². The van der Waals surface area contributed by atoms with E-state index in [0.717, 1.165) is 32.9 Å². The average molecular weight is 440 g/mol. The van der Waals surface area contributed by atoms with E-state index in [0.29, 0.717) is 19.0 Å². The SMILES string of the molecule is COCC(O)COC.Cc1ccc(C)c(P2(=O)Oc3ccccc3-c3ccccc32)c1. The summed E-state index contributed by atoms with van der Waals surface area (Å²) >= 11 is 0. The van der Waals surface area contributed by atoms with Gasteiger partial charge in [0.15, 0.2) is 0 Å². The molecule has 31 heavy (non-hydrogen) atoms. The molecule has 1 unspecified atom stereocenters. The van der Waals surface area contributed by atoms with Gasteiger partial charge in [0.05, 0.1) is 23.8 Å². The molecule has 5 nitrogen and oxygen atoms in total. The minimum Gasteiger partial charge on any atom is -0.436 e. The zero-order chi connectivity index (χ0) is 22.4. The van der Waals surface area contributed by atoms with Gasteiger partial charge in [-0.15, -0.1) is 0 Å². The van der Waals surface area contributed by atoms with Crippen LogP contribution in [-0.4, -0.2) is 38.6 Å². The molecule has 1 aliphatic rings. The van der Waals surface area contributed by atoms with Crippen molar-refractivity contribution < 1.29 is 23.7 Å². The standard InChI is InChI=1S/C20H17O2P.C5H12O3/c1-14-11-12-15(2)20(13-14)23(21)19-10-6-4-8-17(19)16-7-3-5-9-18(16)22-23;1-7-3-5(6)4-8-2/h3-13H,1-2H3;5-6H,3-4H2,1-2H3. The van der Waals surface area contributed by atoms with Crippen molar-refractivity contribution in [2.24, 2.45) is 0 Å². The number of aliphatic hydroxyl groups excluding tert-OH is 1. The fourth-order valence-corrected chi connectivity index (χ4v) is 6.16. The lowest BCUT2D eigenvalue weighted by Crippen LogP contribution is -2.26. The van der Waals surface area contributed by atoms with Crippen molar-refractivity contribution in [3.63, 3.8) is 0 Å². The predicted molar refractivity (Wildman–Crippen MR) is 125 cm³/mol. The first kappa shape index (κ1) is 23.2. The molecular formula is C25H29O5P. The lowest BCUT2D eigenvalue weighted by Gasteiger charge is -2.29. The van der Waals surface area contributed by atoms with E-state index in [1.807, 2.05) is 80.6 Å². The van der Waals surface area contributed by atoms with Crippen LogP contribution in [0.5, 0.6) is 5.75 Å². The smallest absolute Gasteiger partial charge is 0.307 e. The molecule has 1 N–H and O–H groups in total. The Morgan fingerprint density at radius 1 is 0.871 bits per heavy atom. The molecule has 4 rings (SSSR count). The summed E-state index contributed by atoms with van der Waals surface area (Å²) in [7, 11) is -0.0716. The van der Waals surface area contributed by atoms with Crippen LogP contribution >= 0.6 is 7.37 Å². The topological polar surface area (TPSA) is 65.0 Å². The van der Waals surface area contributed by atoms with Gasteiger partial charge in [-0.05, 0) is 43.2 Å². The summed E-state index contributed by atoms with van der Waals surface area (Å²) in [6, 6.07) is 21.7. The largest absolute Gasteiger partial charge is 0.436 e. The van der Waals surface area contributed by atoms with Gasteiger partial charge in [-0.1, -0.05) is 54.1 Å². The maximum atomic E-state index is 14.0. The number of hydrogen-bond donors (Lipinski definition) is 1. The minimum absolute atomic E-state index is 0.341. The second-order valence-corrected chi connectivity index (χ2v) is 9.76. The fourth-order valence-electron chi connectivity index (χ4n) is 3.56. The van der Waals surface area contributed by atoms with E-state index in [1.165, 1.54) is 0 Å². The van der Waals surface area contributed by atoms with Crippen molar-refractivity contribution in [3.05, 3.63) is 77.9 Å². The minimum atomic E-state index is -3.15. The van der Waals surface area contributed by atoms with Crippen LogP contribution in [0.15, 0.2) is 66.7 Å². The first-order valence-corrected chi connectivity index (χ1v) is 11.8. The number of methoxy groups -OCH3 is 2. The number of rotatable bonds is 5. The first-order valence-electron chi connectivity index (χ1n) is 10.1.